The molecular formula is C18H21N3O2S3. The van der Waals surface area contributed by atoms with Gasteiger partial charge in [0.1, 0.15) is 0 Å². The van der Waals surface area contributed by atoms with Crippen LogP contribution in [-0.2, 0) is 4.79 Å². The number of carbonyl (C=O) groups excluding carboxylic acids is 2. The molecule has 138 valence electrons. The summed E-state index contributed by atoms with van der Waals surface area (Å²) in [6, 6.07) is 8.11. The lowest BCUT2D eigenvalue weighted by Crippen LogP contribution is -2.12. The summed E-state index contributed by atoms with van der Waals surface area (Å²) >= 11 is 4.02. The van der Waals surface area contributed by atoms with Gasteiger partial charge in [0.25, 0.3) is 0 Å². The van der Waals surface area contributed by atoms with Crippen molar-refractivity contribution >= 4 is 46.6 Å². The van der Waals surface area contributed by atoms with Gasteiger partial charge in [0.2, 0.25) is 5.91 Å². The van der Waals surface area contributed by atoms with Crippen LogP contribution in [0, 0.1) is 0 Å². The first kappa shape index (κ1) is 19.4. The molecule has 2 N–H and O–H groups in total. The van der Waals surface area contributed by atoms with Crippen molar-refractivity contribution in [3.8, 4) is 0 Å². The zero-order chi connectivity index (χ0) is 18.4. The average Bonchev–Trinajstić information content (AvgIpc) is 3.13. The van der Waals surface area contributed by atoms with Crippen LogP contribution < -0.4 is 5.73 Å². The fourth-order valence-electron chi connectivity index (χ4n) is 3.03. The predicted octanol–water partition coefficient (Wildman–Crippen LogP) is 4.14. The van der Waals surface area contributed by atoms with Crippen LogP contribution in [0.3, 0.4) is 0 Å². The number of hydrogen-bond acceptors (Lipinski definition) is 7. The summed E-state index contributed by atoms with van der Waals surface area (Å²) in [5.74, 6) is 0.877. The average molecular weight is 408 g/mol. The van der Waals surface area contributed by atoms with Crippen molar-refractivity contribution in [2.45, 2.75) is 46.7 Å². The Morgan fingerprint density at radius 2 is 1.62 bits per heavy atom. The van der Waals surface area contributed by atoms with Gasteiger partial charge in [-0.05, 0) is 24.3 Å². The summed E-state index contributed by atoms with van der Waals surface area (Å²) in [7, 11) is 0. The second-order valence-corrected chi connectivity index (χ2v) is 9.68. The van der Waals surface area contributed by atoms with Gasteiger partial charge in [0.05, 0.1) is 11.5 Å². The number of aromatic nitrogens is 2. The van der Waals surface area contributed by atoms with E-state index in [9.17, 15) is 9.59 Å². The van der Waals surface area contributed by atoms with Crippen molar-refractivity contribution < 1.29 is 9.59 Å². The van der Waals surface area contributed by atoms with Gasteiger partial charge in [0.15, 0.2) is 14.5 Å². The highest BCUT2D eigenvalue weighted by atomic mass is 32.2. The SMILES string of the molecule is NC(=O)CSc1nnc(SCC(=O)c2ccc(C3CCCCC3)cc2)s1. The molecule has 0 spiro atoms. The van der Waals surface area contributed by atoms with Crippen LogP contribution in [0.25, 0.3) is 0 Å². The Balaban J connectivity index is 1.51. The minimum Gasteiger partial charge on any atom is -0.369 e. The Kier molecular flexibility index (Phi) is 7.10. The van der Waals surface area contributed by atoms with Gasteiger partial charge in [-0.25, -0.2) is 0 Å². The van der Waals surface area contributed by atoms with E-state index in [1.807, 2.05) is 12.1 Å². The molecule has 0 bridgehead atoms. The minimum absolute atomic E-state index is 0.0896. The Morgan fingerprint density at radius 1 is 1.00 bits per heavy atom. The summed E-state index contributed by atoms with van der Waals surface area (Å²) in [6.45, 7) is 0. The van der Waals surface area contributed by atoms with E-state index in [0.717, 1.165) is 9.90 Å². The molecule has 0 unspecified atom stereocenters. The van der Waals surface area contributed by atoms with Crippen LogP contribution >= 0.6 is 34.9 Å². The van der Waals surface area contributed by atoms with Crippen LogP contribution in [0.1, 0.15) is 53.9 Å². The molecule has 8 heteroatoms. The van der Waals surface area contributed by atoms with Crippen molar-refractivity contribution in [3.05, 3.63) is 35.4 Å². The van der Waals surface area contributed by atoms with Crippen LogP contribution in [-0.4, -0.2) is 33.4 Å². The van der Waals surface area contributed by atoms with E-state index >= 15 is 0 Å². The number of amides is 1. The molecule has 1 aromatic heterocycles. The van der Waals surface area contributed by atoms with Crippen LogP contribution in [0.5, 0.6) is 0 Å². The third-order valence-corrected chi connectivity index (χ3v) is 7.57. The fourth-order valence-corrected chi connectivity index (χ4v) is 5.69. The molecule has 1 aromatic carbocycles. The van der Waals surface area contributed by atoms with Gasteiger partial charge in [-0.2, -0.15) is 0 Å². The number of nitrogens with two attached hydrogens (primary N) is 1. The number of thioether (sulfide) groups is 2. The van der Waals surface area contributed by atoms with Crippen LogP contribution in [0.2, 0.25) is 0 Å². The molecule has 1 saturated carbocycles. The summed E-state index contributed by atoms with van der Waals surface area (Å²) < 4.78 is 1.42. The Morgan fingerprint density at radius 3 is 2.23 bits per heavy atom. The minimum atomic E-state index is -0.383. The van der Waals surface area contributed by atoms with Gasteiger partial charge in [-0.15, -0.1) is 10.2 Å². The number of benzene rings is 1. The highest BCUT2D eigenvalue weighted by Crippen LogP contribution is 2.33. The molecule has 0 atom stereocenters. The van der Waals surface area contributed by atoms with Crippen molar-refractivity contribution in [1.82, 2.24) is 10.2 Å². The smallest absolute Gasteiger partial charge is 0.227 e. The van der Waals surface area contributed by atoms with E-state index < -0.39 is 0 Å². The Labute approximate surface area is 165 Å². The highest BCUT2D eigenvalue weighted by Gasteiger charge is 2.16. The van der Waals surface area contributed by atoms with E-state index in [1.165, 1.54) is 72.5 Å². The number of nitrogens with zero attached hydrogens (tertiary/aromatic N) is 2. The van der Waals surface area contributed by atoms with E-state index in [0.29, 0.717) is 16.0 Å². The second-order valence-electron chi connectivity index (χ2n) is 6.26. The molecule has 1 fully saturated rings. The largest absolute Gasteiger partial charge is 0.369 e. The molecule has 2 aromatic rings. The molecule has 0 radical (unpaired) electrons. The van der Waals surface area contributed by atoms with Gasteiger partial charge < -0.3 is 5.73 Å². The van der Waals surface area contributed by atoms with Gasteiger partial charge in [-0.1, -0.05) is 78.4 Å². The van der Waals surface area contributed by atoms with E-state index in [1.54, 1.807) is 0 Å². The molecule has 1 aliphatic carbocycles. The fraction of sp³-hybridized carbons (Fsp3) is 0.444. The quantitative estimate of drug-likeness (QED) is 0.523. The summed E-state index contributed by atoms with van der Waals surface area (Å²) in [4.78, 5) is 23.2. The third kappa shape index (κ3) is 5.56. The number of rotatable bonds is 8. The number of carbonyl (C=O) groups is 2. The Bertz CT molecular complexity index is 755. The number of ketones is 1. The lowest BCUT2D eigenvalue weighted by molar-refractivity contribution is -0.115. The van der Waals surface area contributed by atoms with E-state index in [4.69, 9.17) is 5.73 Å². The molecule has 5 nitrogen and oxygen atoms in total. The molecule has 3 rings (SSSR count). The summed E-state index contributed by atoms with van der Waals surface area (Å²) in [5.41, 5.74) is 7.21. The molecule has 1 aliphatic rings. The molecule has 0 aliphatic heterocycles. The summed E-state index contributed by atoms with van der Waals surface area (Å²) in [5, 5.41) is 8.04. The number of primary amides is 1. The molecular weight excluding hydrogens is 386 g/mol. The maximum atomic E-state index is 12.4. The Hall–Kier alpha value is -1.38. The first-order valence-corrected chi connectivity index (χ1v) is 11.4. The third-order valence-electron chi connectivity index (χ3n) is 4.36. The van der Waals surface area contributed by atoms with Gasteiger partial charge >= 0.3 is 0 Å². The van der Waals surface area contributed by atoms with Crippen molar-refractivity contribution in [1.29, 1.82) is 0 Å². The van der Waals surface area contributed by atoms with Crippen molar-refractivity contribution in [2.75, 3.05) is 11.5 Å². The highest BCUT2D eigenvalue weighted by molar-refractivity contribution is 8.03. The lowest BCUT2D eigenvalue weighted by atomic mass is 9.84. The number of Topliss-reactive ketones (excluding diaryl/α,β-unsaturated/α-hetero) is 1. The molecule has 1 heterocycles. The standard InChI is InChI=1S/C18H21N3O2S3/c19-16(23)11-25-18-21-20-17(26-18)24-10-15(22)14-8-6-13(7-9-14)12-4-2-1-3-5-12/h6-9,12H,1-5,10-11H2,(H2,19,23). The van der Waals surface area contributed by atoms with Crippen LogP contribution in [0.4, 0.5) is 0 Å². The molecule has 1 amide bonds. The maximum Gasteiger partial charge on any atom is 0.227 e. The first-order valence-electron chi connectivity index (χ1n) is 8.62. The predicted molar refractivity (Wildman–Crippen MR) is 107 cm³/mol. The lowest BCUT2D eigenvalue weighted by Gasteiger charge is -2.22. The maximum absolute atomic E-state index is 12.4. The first-order chi connectivity index (χ1) is 12.6. The van der Waals surface area contributed by atoms with E-state index in [2.05, 4.69) is 22.3 Å². The molecule has 0 saturated heterocycles. The van der Waals surface area contributed by atoms with Crippen LogP contribution in [0.15, 0.2) is 32.9 Å². The van der Waals surface area contributed by atoms with Gasteiger partial charge in [0, 0.05) is 5.56 Å². The van der Waals surface area contributed by atoms with Gasteiger partial charge in [-0.3, -0.25) is 9.59 Å². The second kappa shape index (κ2) is 9.53. The van der Waals surface area contributed by atoms with Crippen molar-refractivity contribution in [3.63, 3.8) is 0 Å². The topological polar surface area (TPSA) is 85.9 Å². The number of hydrogen-bond donors (Lipinski definition) is 1. The zero-order valence-electron chi connectivity index (χ0n) is 14.3. The summed E-state index contributed by atoms with van der Waals surface area (Å²) in [6.07, 6.45) is 6.48. The monoisotopic (exact) mass is 407 g/mol. The molecule has 26 heavy (non-hydrogen) atoms. The zero-order valence-corrected chi connectivity index (χ0v) is 16.8. The normalized spacial score (nSPS) is 15.1. The van der Waals surface area contributed by atoms with E-state index in [-0.39, 0.29) is 17.4 Å². The van der Waals surface area contributed by atoms with Crippen molar-refractivity contribution in [2.24, 2.45) is 5.73 Å².